The van der Waals surface area contributed by atoms with Crippen molar-refractivity contribution >= 4 is 16.7 Å². The van der Waals surface area contributed by atoms with Crippen molar-refractivity contribution in [1.82, 2.24) is 14.8 Å². The predicted octanol–water partition coefficient (Wildman–Crippen LogP) is 3.07. The van der Waals surface area contributed by atoms with Crippen molar-refractivity contribution in [3.05, 3.63) is 42.2 Å². The summed E-state index contributed by atoms with van der Waals surface area (Å²) in [4.78, 5) is 21.1. The summed E-state index contributed by atoms with van der Waals surface area (Å²) in [5.41, 5.74) is 1.18. The number of likely N-dealkylation sites (N-methyl/N-ethyl adjacent to an activating group) is 2. The molecule has 2 heterocycles. The van der Waals surface area contributed by atoms with Gasteiger partial charge in [0.25, 0.3) is 0 Å². The van der Waals surface area contributed by atoms with E-state index in [1.165, 1.54) is 23.8 Å². The van der Waals surface area contributed by atoms with Crippen molar-refractivity contribution < 1.29 is 4.79 Å². The zero-order valence-corrected chi connectivity index (χ0v) is 14.0. The molecule has 1 aromatic carbocycles. The van der Waals surface area contributed by atoms with Gasteiger partial charge in [0.1, 0.15) is 0 Å². The Bertz CT molecular complexity index is 680. The smallest absolute Gasteiger partial charge is 0.239 e. The number of aromatic nitrogens is 1. The second-order valence-corrected chi connectivity index (χ2v) is 6.55. The van der Waals surface area contributed by atoms with Gasteiger partial charge in [-0.05, 0) is 43.5 Å². The van der Waals surface area contributed by atoms with Crippen LogP contribution in [0.3, 0.4) is 0 Å². The monoisotopic (exact) mass is 311 g/mol. The molecule has 1 aliphatic rings. The molecule has 1 amide bonds. The first-order valence-corrected chi connectivity index (χ1v) is 8.43. The number of fused-ring (bicyclic) bond motifs is 1. The average molecular weight is 311 g/mol. The highest BCUT2D eigenvalue weighted by Crippen LogP contribution is 2.21. The van der Waals surface area contributed by atoms with E-state index in [0.29, 0.717) is 6.54 Å². The summed E-state index contributed by atoms with van der Waals surface area (Å²) in [7, 11) is 3.99. The maximum absolute atomic E-state index is 12.9. The van der Waals surface area contributed by atoms with E-state index in [2.05, 4.69) is 29.1 Å². The van der Waals surface area contributed by atoms with Crippen molar-refractivity contribution in [2.75, 3.05) is 20.6 Å². The number of amides is 1. The number of rotatable bonds is 3. The van der Waals surface area contributed by atoms with E-state index in [9.17, 15) is 4.79 Å². The summed E-state index contributed by atoms with van der Waals surface area (Å²) in [6, 6.07) is 8.26. The highest BCUT2D eigenvalue weighted by Gasteiger charge is 2.27. The SMILES string of the molecule is CN(Cc1cccc2cnccc12)C(=O)[C@@H]1CCCCCN1C. The van der Waals surface area contributed by atoms with Gasteiger partial charge in [-0.25, -0.2) is 0 Å². The van der Waals surface area contributed by atoms with Crippen LogP contribution in [-0.4, -0.2) is 47.4 Å². The Morgan fingerprint density at radius 3 is 3.04 bits per heavy atom. The number of hydrogen-bond donors (Lipinski definition) is 0. The number of pyridine rings is 1. The molecule has 122 valence electrons. The summed E-state index contributed by atoms with van der Waals surface area (Å²) in [5.74, 6) is 0.237. The third kappa shape index (κ3) is 3.53. The largest absolute Gasteiger partial charge is 0.340 e. The van der Waals surface area contributed by atoms with Crippen molar-refractivity contribution in [3.63, 3.8) is 0 Å². The molecule has 0 bridgehead atoms. The van der Waals surface area contributed by atoms with Gasteiger partial charge in [0, 0.05) is 31.4 Å². The molecule has 1 atom stereocenters. The van der Waals surface area contributed by atoms with Gasteiger partial charge in [-0.15, -0.1) is 0 Å². The van der Waals surface area contributed by atoms with E-state index in [1.54, 1.807) is 0 Å². The van der Waals surface area contributed by atoms with Crippen LogP contribution in [0.5, 0.6) is 0 Å². The lowest BCUT2D eigenvalue weighted by Gasteiger charge is -2.29. The Balaban J connectivity index is 1.77. The number of carbonyl (C=O) groups excluding carboxylic acids is 1. The minimum atomic E-state index is 0.0270. The zero-order valence-electron chi connectivity index (χ0n) is 14.0. The van der Waals surface area contributed by atoms with Gasteiger partial charge in [0.15, 0.2) is 0 Å². The van der Waals surface area contributed by atoms with Crippen LogP contribution in [0.1, 0.15) is 31.2 Å². The summed E-state index contributed by atoms with van der Waals surface area (Å²) in [6.45, 7) is 1.66. The minimum Gasteiger partial charge on any atom is -0.340 e. The van der Waals surface area contributed by atoms with Crippen LogP contribution in [0.2, 0.25) is 0 Å². The molecule has 1 fully saturated rings. The Kier molecular flexibility index (Phi) is 4.91. The molecule has 0 spiro atoms. The molecule has 1 saturated heterocycles. The topological polar surface area (TPSA) is 36.4 Å². The maximum atomic E-state index is 12.9. The second-order valence-electron chi connectivity index (χ2n) is 6.55. The van der Waals surface area contributed by atoms with Crippen molar-refractivity contribution in [2.45, 2.75) is 38.3 Å². The number of hydrogen-bond acceptors (Lipinski definition) is 3. The highest BCUT2D eigenvalue weighted by molar-refractivity contribution is 5.86. The Morgan fingerprint density at radius 2 is 2.17 bits per heavy atom. The number of carbonyl (C=O) groups is 1. The number of likely N-dealkylation sites (tertiary alicyclic amines) is 1. The summed E-state index contributed by atoms with van der Waals surface area (Å²) < 4.78 is 0. The normalized spacial score (nSPS) is 19.5. The Morgan fingerprint density at radius 1 is 1.30 bits per heavy atom. The lowest BCUT2D eigenvalue weighted by Crippen LogP contribution is -2.45. The van der Waals surface area contributed by atoms with Gasteiger partial charge >= 0.3 is 0 Å². The molecular weight excluding hydrogens is 286 g/mol. The van der Waals surface area contributed by atoms with Crippen LogP contribution < -0.4 is 0 Å². The van der Waals surface area contributed by atoms with Crippen LogP contribution >= 0.6 is 0 Å². The molecule has 3 rings (SSSR count). The van der Waals surface area contributed by atoms with Gasteiger partial charge in [0.2, 0.25) is 5.91 Å². The molecule has 0 N–H and O–H groups in total. The fourth-order valence-electron chi connectivity index (χ4n) is 3.48. The molecule has 1 aliphatic heterocycles. The minimum absolute atomic E-state index is 0.0270. The molecule has 0 radical (unpaired) electrons. The van der Waals surface area contributed by atoms with Crippen molar-refractivity contribution in [1.29, 1.82) is 0 Å². The van der Waals surface area contributed by atoms with E-state index in [4.69, 9.17) is 0 Å². The summed E-state index contributed by atoms with van der Waals surface area (Å²) in [6.07, 6.45) is 8.23. The average Bonchev–Trinajstić information content (AvgIpc) is 2.79. The first-order chi connectivity index (χ1) is 11.2. The fraction of sp³-hybridized carbons (Fsp3) is 0.474. The van der Waals surface area contributed by atoms with Gasteiger partial charge in [0.05, 0.1) is 6.04 Å². The Hall–Kier alpha value is -1.94. The molecule has 4 heteroatoms. The van der Waals surface area contributed by atoms with E-state index < -0.39 is 0 Å². The maximum Gasteiger partial charge on any atom is 0.239 e. The second kappa shape index (κ2) is 7.09. The van der Waals surface area contributed by atoms with Crippen LogP contribution in [0.15, 0.2) is 36.7 Å². The van der Waals surface area contributed by atoms with E-state index >= 15 is 0 Å². The quantitative estimate of drug-likeness (QED) is 0.874. The zero-order chi connectivity index (χ0) is 16.2. The third-order valence-corrected chi connectivity index (χ3v) is 4.86. The Labute approximate surface area is 138 Å². The molecule has 4 nitrogen and oxygen atoms in total. The van der Waals surface area contributed by atoms with Gasteiger partial charge in [-0.1, -0.05) is 31.0 Å². The van der Waals surface area contributed by atoms with E-state index in [-0.39, 0.29) is 11.9 Å². The van der Waals surface area contributed by atoms with Gasteiger partial charge in [-0.3, -0.25) is 14.7 Å². The van der Waals surface area contributed by atoms with Crippen LogP contribution in [0.25, 0.3) is 10.8 Å². The molecule has 1 aromatic heterocycles. The molecule has 23 heavy (non-hydrogen) atoms. The lowest BCUT2D eigenvalue weighted by molar-refractivity contribution is -0.135. The fourth-order valence-corrected chi connectivity index (χ4v) is 3.48. The highest BCUT2D eigenvalue weighted by atomic mass is 16.2. The molecule has 0 aliphatic carbocycles. The van der Waals surface area contributed by atoms with Crippen LogP contribution in [0.4, 0.5) is 0 Å². The van der Waals surface area contributed by atoms with Gasteiger partial charge in [-0.2, -0.15) is 0 Å². The van der Waals surface area contributed by atoms with E-state index in [0.717, 1.165) is 24.8 Å². The standard InChI is InChI=1S/C19H25N3O/c1-21-12-5-3-4-9-18(21)19(23)22(2)14-16-8-6-7-15-13-20-11-10-17(15)16/h6-8,10-11,13,18H,3-5,9,12,14H2,1-2H3/t18-/m0/s1. The summed E-state index contributed by atoms with van der Waals surface area (Å²) in [5, 5.41) is 2.30. The van der Waals surface area contributed by atoms with Crippen molar-refractivity contribution in [3.8, 4) is 0 Å². The number of benzene rings is 1. The summed E-state index contributed by atoms with van der Waals surface area (Å²) >= 11 is 0. The van der Waals surface area contributed by atoms with Crippen LogP contribution in [-0.2, 0) is 11.3 Å². The number of nitrogens with zero attached hydrogens (tertiary/aromatic N) is 3. The molecule has 0 unspecified atom stereocenters. The molecule has 0 saturated carbocycles. The van der Waals surface area contributed by atoms with E-state index in [1.807, 2.05) is 36.5 Å². The third-order valence-electron chi connectivity index (χ3n) is 4.86. The van der Waals surface area contributed by atoms with Crippen LogP contribution in [0, 0.1) is 0 Å². The van der Waals surface area contributed by atoms with Gasteiger partial charge < -0.3 is 4.90 Å². The molecule has 2 aromatic rings. The predicted molar refractivity (Wildman–Crippen MR) is 93.1 cm³/mol. The lowest BCUT2D eigenvalue weighted by atomic mass is 10.1. The molecular formula is C19H25N3O. The first-order valence-electron chi connectivity index (χ1n) is 8.43. The first kappa shape index (κ1) is 15.9. The van der Waals surface area contributed by atoms with Crippen molar-refractivity contribution in [2.24, 2.45) is 0 Å².